The average molecular weight is 203 g/mol. The van der Waals surface area contributed by atoms with Crippen LogP contribution in [0, 0.1) is 6.92 Å². The fraction of sp³-hybridized carbons (Fsp3) is 0.571. The minimum absolute atomic E-state index is 0.421. The minimum Gasteiger partial charge on any atom is -0.311 e. The van der Waals surface area contributed by atoms with Crippen LogP contribution in [-0.2, 0) is 6.42 Å². The van der Waals surface area contributed by atoms with Crippen LogP contribution in [0.2, 0.25) is 0 Å². The summed E-state index contributed by atoms with van der Waals surface area (Å²) in [6.07, 6.45) is 5.12. The Hall–Kier alpha value is -0.820. The summed E-state index contributed by atoms with van der Waals surface area (Å²) < 4.78 is 0. The van der Waals surface area contributed by atoms with Crippen molar-refractivity contribution < 1.29 is 0 Å². The molecule has 1 aromatic rings. The van der Waals surface area contributed by atoms with Crippen molar-refractivity contribution in [3.63, 3.8) is 0 Å². The van der Waals surface area contributed by atoms with Gasteiger partial charge < -0.3 is 5.32 Å². The first kappa shape index (κ1) is 10.7. The summed E-state index contributed by atoms with van der Waals surface area (Å²) in [5.41, 5.74) is 3.25. The highest BCUT2D eigenvalue weighted by atomic mass is 15.0. The van der Waals surface area contributed by atoms with Crippen molar-refractivity contribution in [2.45, 2.75) is 45.1 Å². The van der Waals surface area contributed by atoms with Crippen LogP contribution in [0.5, 0.6) is 0 Å². The van der Waals surface area contributed by atoms with Crippen molar-refractivity contribution in [1.82, 2.24) is 5.32 Å². The molecule has 1 heteroatoms. The van der Waals surface area contributed by atoms with Crippen LogP contribution >= 0.6 is 0 Å². The molecular weight excluding hydrogens is 182 g/mol. The van der Waals surface area contributed by atoms with E-state index >= 15 is 0 Å². The van der Waals surface area contributed by atoms with Crippen molar-refractivity contribution in [3.05, 3.63) is 35.4 Å². The van der Waals surface area contributed by atoms with Gasteiger partial charge in [-0.3, -0.25) is 0 Å². The Morgan fingerprint density at radius 1 is 1.27 bits per heavy atom. The number of benzene rings is 1. The number of rotatable bonds is 4. The Morgan fingerprint density at radius 2 is 1.93 bits per heavy atom. The second-order valence-electron chi connectivity index (χ2n) is 4.87. The second kappa shape index (κ2) is 4.36. The van der Waals surface area contributed by atoms with E-state index in [1.54, 1.807) is 0 Å². The normalized spacial score (nSPS) is 24.9. The van der Waals surface area contributed by atoms with Crippen LogP contribution in [0.25, 0.3) is 0 Å². The van der Waals surface area contributed by atoms with Gasteiger partial charge in [-0.25, -0.2) is 0 Å². The maximum atomic E-state index is 3.62. The zero-order valence-corrected chi connectivity index (χ0v) is 9.84. The predicted molar refractivity (Wildman–Crippen MR) is 65.1 cm³/mol. The Kier molecular flexibility index (Phi) is 3.11. The van der Waals surface area contributed by atoms with Gasteiger partial charge in [0.2, 0.25) is 0 Å². The molecular formula is C14H21N. The first-order valence-electron chi connectivity index (χ1n) is 6.05. The molecule has 0 saturated carbocycles. The van der Waals surface area contributed by atoms with Gasteiger partial charge in [-0.2, -0.15) is 0 Å². The molecule has 1 heterocycles. The van der Waals surface area contributed by atoms with Crippen LogP contribution in [-0.4, -0.2) is 12.1 Å². The van der Waals surface area contributed by atoms with E-state index in [0.29, 0.717) is 5.54 Å². The molecule has 1 saturated heterocycles. The molecule has 0 aliphatic carbocycles. The zero-order chi connectivity index (χ0) is 10.7. The van der Waals surface area contributed by atoms with Gasteiger partial charge in [-0.1, -0.05) is 43.2 Å². The van der Waals surface area contributed by atoms with Crippen molar-refractivity contribution >= 4 is 0 Å². The molecule has 0 radical (unpaired) electrons. The zero-order valence-electron chi connectivity index (χ0n) is 9.84. The summed E-state index contributed by atoms with van der Waals surface area (Å²) in [4.78, 5) is 0. The summed E-state index contributed by atoms with van der Waals surface area (Å²) in [5.74, 6) is 0. The monoisotopic (exact) mass is 203 g/mol. The summed E-state index contributed by atoms with van der Waals surface area (Å²) in [5, 5.41) is 3.62. The lowest BCUT2D eigenvalue weighted by atomic mass is 9.78. The summed E-state index contributed by atoms with van der Waals surface area (Å²) in [6, 6.07) is 8.97. The third-order valence-electron chi connectivity index (χ3n) is 3.50. The van der Waals surface area contributed by atoms with E-state index in [2.05, 4.69) is 43.4 Å². The van der Waals surface area contributed by atoms with E-state index in [1.165, 1.54) is 43.4 Å². The fourth-order valence-electron chi connectivity index (χ4n) is 2.51. The predicted octanol–water partition coefficient (Wildman–Crippen LogP) is 3.07. The molecule has 0 aromatic heterocycles. The second-order valence-corrected chi connectivity index (χ2v) is 4.87. The van der Waals surface area contributed by atoms with Gasteiger partial charge in [0.05, 0.1) is 0 Å². The molecule has 1 aromatic carbocycles. The Bertz CT molecular complexity index is 309. The number of aryl methyl sites for hydroxylation is 1. The highest BCUT2D eigenvalue weighted by molar-refractivity contribution is 5.24. The highest BCUT2D eigenvalue weighted by Crippen LogP contribution is 2.28. The molecule has 1 N–H and O–H groups in total. The van der Waals surface area contributed by atoms with E-state index in [4.69, 9.17) is 0 Å². The smallest absolute Gasteiger partial charge is 0.0233 e. The molecule has 1 unspecified atom stereocenters. The maximum absolute atomic E-state index is 3.62. The van der Waals surface area contributed by atoms with Gasteiger partial charge in [0.25, 0.3) is 0 Å². The molecule has 1 aliphatic heterocycles. The fourth-order valence-corrected chi connectivity index (χ4v) is 2.51. The van der Waals surface area contributed by atoms with Gasteiger partial charge in [-0.05, 0) is 38.3 Å². The van der Waals surface area contributed by atoms with Crippen LogP contribution in [0.1, 0.15) is 37.3 Å². The van der Waals surface area contributed by atoms with Crippen molar-refractivity contribution in [2.24, 2.45) is 0 Å². The van der Waals surface area contributed by atoms with Gasteiger partial charge in [-0.15, -0.1) is 0 Å². The lowest BCUT2D eigenvalue weighted by Crippen LogP contribution is -2.58. The van der Waals surface area contributed by atoms with Gasteiger partial charge in [0, 0.05) is 5.54 Å². The minimum atomic E-state index is 0.421. The molecule has 1 nitrogen and oxygen atoms in total. The quantitative estimate of drug-likeness (QED) is 0.793. The van der Waals surface area contributed by atoms with E-state index in [1.807, 2.05) is 0 Å². The molecule has 1 aliphatic rings. The Morgan fingerprint density at radius 3 is 2.40 bits per heavy atom. The van der Waals surface area contributed by atoms with Gasteiger partial charge >= 0.3 is 0 Å². The van der Waals surface area contributed by atoms with Crippen LogP contribution < -0.4 is 5.32 Å². The topological polar surface area (TPSA) is 12.0 Å². The molecule has 2 rings (SSSR count). The summed E-state index contributed by atoms with van der Waals surface area (Å²) >= 11 is 0. The Labute approximate surface area is 92.9 Å². The molecule has 15 heavy (non-hydrogen) atoms. The van der Waals surface area contributed by atoms with E-state index in [0.717, 1.165) is 0 Å². The van der Waals surface area contributed by atoms with Crippen molar-refractivity contribution in [2.75, 3.05) is 6.54 Å². The summed E-state index contributed by atoms with van der Waals surface area (Å²) in [7, 11) is 0. The number of hydrogen-bond donors (Lipinski definition) is 1. The average Bonchev–Trinajstić information content (AvgIpc) is 2.18. The van der Waals surface area contributed by atoms with Gasteiger partial charge in [0.1, 0.15) is 0 Å². The molecule has 1 atom stereocenters. The standard InChI is InChI=1S/C14H21N/c1-3-8-14(9-10-15-14)11-13-6-4-12(2)5-7-13/h4-7,15H,3,8-11H2,1-2H3. The number of nitrogens with one attached hydrogen (secondary N) is 1. The molecule has 1 fully saturated rings. The molecule has 0 bridgehead atoms. The van der Waals surface area contributed by atoms with Crippen molar-refractivity contribution in [3.8, 4) is 0 Å². The third kappa shape index (κ3) is 2.40. The first-order chi connectivity index (χ1) is 7.24. The van der Waals surface area contributed by atoms with Gasteiger partial charge in [0.15, 0.2) is 0 Å². The molecule has 0 amide bonds. The lowest BCUT2D eigenvalue weighted by Gasteiger charge is -2.44. The van der Waals surface area contributed by atoms with E-state index in [-0.39, 0.29) is 0 Å². The summed E-state index contributed by atoms with van der Waals surface area (Å²) in [6.45, 7) is 5.62. The number of hydrogen-bond acceptors (Lipinski definition) is 1. The maximum Gasteiger partial charge on any atom is 0.0233 e. The van der Waals surface area contributed by atoms with E-state index < -0.39 is 0 Å². The van der Waals surface area contributed by atoms with Crippen LogP contribution in [0.3, 0.4) is 0 Å². The van der Waals surface area contributed by atoms with Crippen LogP contribution in [0.15, 0.2) is 24.3 Å². The first-order valence-corrected chi connectivity index (χ1v) is 6.05. The SMILES string of the molecule is CCCC1(Cc2ccc(C)cc2)CCN1. The molecule has 0 spiro atoms. The lowest BCUT2D eigenvalue weighted by molar-refractivity contribution is 0.188. The van der Waals surface area contributed by atoms with E-state index in [9.17, 15) is 0 Å². The highest BCUT2D eigenvalue weighted by Gasteiger charge is 2.35. The largest absolute Gasteiger partial charge is 0.311 e. The van der Waals surface area contributed by atoms with Crippen molar-refractivity contribution in [1.29, 1.82) is 0 Å². The molecule has 82 valence electrons. The van der Waals surface area contributed by atoms with Crippen LogP contribution in [0.4, 0.5) is 0 Å². The third-order valence-corrected chi connectivity index (χ3v) is 3.50. The Balaban J connectivity index is 2.03.